The van der Waals surface area contributed by atoms with E-state index in [1.54, 1.807) is 0 Å². The molecular weight excluding hydrogens is 388 g/mol. The highest BCUT2D eigenvalue weighted by Gasteiger charge is 2.28. The van der Waals surface area contributed by atoms with Gasteiger partial charge < -0.3 is 10.6 Å². The van der Waals surface area contributed by atoms with Gasteiger partial charge in [0.1, 0.15) is 5.82 Å². The molecule has 1 heterocycles. The maximum atomic E-state index is 4.85. The van der Waals surface area contributed by atoms with Crippen molar-refractivity contribution in [1.29, 1.82) is 0 Å². The van der Waals surface area contributed by atoms with E-state index < -0.39 is 0 Å². The number of para-hydroxylation sites is 1. The van der Waals surface area contributed by atoms with Crippen LogP contribution in [0.2, 0.25) is 0 Å². The van der Waals surface area contributed by atoms with E-state index in [0.717, 1.165) is 45.5 Å². The summed E-state index contributed by atoms with van der Waals surface area (Å²) in [5, 5.41) is 8.28. The Hall–Kier alpha value is -1.36. The van der Waals surface area contributed by atoms with E-state index in [4.69, 9.17) is 9.97 Å². The van der Waals surface area contributed by atoms with Gasteiger partial charge in [-0.05, 0) is 72.5 Å². The van der Waals surface area contributed by atoms with Crippen LogP contribution in [0.1, 0.15) is 58.3 Å². The first-order valence-electron chi connectivity index (χ1n) is 10.2. The van der Waals surface area contributed by atoms with Crippen molar-refractivity contribution in [2.75, 3.05) is 17.2 Å². The van der Waals surface area contributed by atoms with E-state index in [-0.39, 0.29) is 0 Å². The van der Waals surface area contributed by atoms with Gasteiger partial charge in [-0.2, -0.15) is 4.98 Å². The van der Waals surface area contributed by atoms with Crippen LogP contribution < -0.4 is 10.6 Å². The molecule has 0 aliphatic heterocycles. The van der Waals surface area contributed by atoms with Gasteiger partial charge in [-0.1, -0.05) is 31.7 Å². The van der Waals surface area contributed by atoms with Crippen molar-refractivity contribution in [2.24, 2.45) is 11.8 Å². The predicted molar refractivity (Wildman–Crippen MR) is 113 cm³/mol. The molecule has 1 atom stereocenters. The fourth-order valence-electron chi connectivity index (χ4n) is 4.04. The molecule has 1 unspecified atom stereocenters. The molecular formula is C21H29BrN4. The van der Waals surface area contributed by atoms with Crippen LogP contribution in [0.5, 0.6) is 0 Å². The summed E-state index contributed by atoms with van der Waals surface area (Å²) in [5.74, 6) is 3.24. The molecule has 2 aliphatic carbocycles. The zero-order valence-corrected chi connectivity index (χ0v) is 17.2. The molecule has 0 spiro atoms. The Labute approximate surface area is 164 Å². The van der Waals surface area contributed by atoms with E-state index in [9.17, 15) is 0 Å². The first-order chi connectivity index (χ1) is 12.7. The molecule has 4 nitrogen and oxygen atoms in total. The van der Waals surface area contributed by atoms with Crippen molar-refractivity contribution in [1.82, 2.24) is 9.97 Å². The Balaban J connectivity index is 1.56. The lowest BCUT2D eigenvalue weighted by molar-refractivity contribution is 0.482. The third-order valence-electron chi connectivity index (χ3n) is 5.89. The van der Waals surface area contributed by atoms with Crippen LogP contribution in [0.3, 0.4) is 0 Å². The van der Waals surface area contributed by atoms with E-state index in [0.29, 0.717) is 6.04 Å². The number of rotatable bonds is 6. The second kappa shape index (κ2) is 8.12. The number of anilines is 2. The van der Waals surface area contributed by atoms with Gasteiger partial charge in [0.05, 0.1) is 5.52 Å². The third kappa shape index (κ3) is 4.30. The van der Waals surface area contributed by atoms with E-state index in [1.165, 1.54) is 51.4 Å². The summed E-state index contributed by atoms with van der Waals surface area (Å²) in [4.78, 5) is 9.65. The summed E-state index contributed by atoms with van der Waals surface area (Å²) in [7, 11) is 0. The molecule has 2 N–H and O–H groups in total. The van der Waals surface area contributed by atoms with Gasteiger partial charge in [-0.3, -0.25) is 0 Å². The number of nitrogens with zero attached hydrogens (tertiary/aromatic N) is 2. The molecule has 0 radical (unpaired) electrons. The third-order valence-corrected chi connectivity index (χ3v) is 6.53. The van der Waals surface area contributed by atoms with Gasteiger partial charge in [0.25, 0.3) is 0 Å². The summed E-state index contributed by atoms with van der Waals surface area (Å²) in [6, 6.07) is 6.68. The Morgan fingerprint density at radius 3 is 2.58 bits per heavy atom. The van der Waals surface area contributed by atoms with Crippen LogP contribution in [0.4, 0.5) is 11.8 Å². The van der Waals surface area contributed by atoms with Crippen molar-refractivity contribution < 1.29 is 0 Å². The minimum absolute atomic E-state index is 0.460. The van der Waals surface area contributed by atoms with E-state index in [2.05, 4.69) is 51.7 Å². The molecule has 2 aromatic rings. The predicted octanol–water partition coefficient (Wildman–Crippen LogP) is 5.99. The van der Waals surface area contributed by atoms with Crippen molar-refractivity contribution in [3.63, 3.8) is 0 Å². The molecule has 26 heavy (non-hydrogen) atoms. The van der Waals surface area contributed by atoms with Crippen LogP contribution in [0, 0.1) is 11.8 Å². The molecule has 4 rings (SSSR count). The average molecular weight is 417 g/mol. The van der Waals surface area contributed by atoms with Gasteiger partial charge in [-0.15, -0.1) is 0 Å². The second-order valence-electron chi connectivity index (χ2n) is 8.04. The molecule has 2 fully saturated rings. The van der Waals surface area contributed by atoms with Crippen LogP contribution in [0.15, 0.2) is 22.7 Å². The van der Waals surface area contributed by atoms with Crippen LogP contribution in [-0.4, -0.2) is 22.6 Å². The van der Waals surface area contributed by atoms with E-state index >= 15 is 0 Å². The molecule has 0 amide bonds. The molecule has 0 bridgehead atoms. The van der Waals surface area contributed by atoms with Gasteiger partial charge in [0.15, 0.2) is 0 Å². The molecule has 1 aromatic carbocycles. The fourth-order valence-corrected chi connectivity index (χ4v) is 4.49. The Morgan fingerprint density at radius 2 is 1.85 bits per heavy atom. The SMILES string of the molecule is CC(Nc1nc(NCC2CCCCCC2)nc2c(Br)cccc12)C1CC1. The monoisotopic (exact) mass is 416 g/mol. The summed E-state index contributed by atoms with van der Waals surface area (Å²) < 4.78 is 1.03. The number of aromatic nitrogens is 2. The highest BCUT2D eigenvalue weighted by Crippen LogP contribution is 2.35. The Morgan fingerprint density at radius 1 is 1.08 bits per heavy atom. The maximum absolute atomic E-state index is 4.85. The normalized spacial score (nSPS) is 19.9. The van der Waals surface area contributed by atoms with Gasteiger partial charge in [0, 0.05) is 22.4 Å². The van der Waals surface area contributed by atoms with Crippen molar-refractivity contribution >= 4 is 38.6 Å². The largest absolute Gasteiger partial charge is 0.367 e. The highest BCUT2D eigenvalue weighted by molar-refractivity contribution is 9.10. The van der Waals surface area contributed by atoms with Crippen LogP contribution in [-0.2, 0) is 0 Å². The topological polar surface area (TPSA) is 49.8 Å². The number of hydrogen-bond donors (Lipinski definition) is 2. The average Bonchev–Trinajstić information content (AvgIpc) is 3.48. The molecule has 0 saturated heterocycles. The lowest BCUT2D eigenvalue weighted by Gasteiger charge is -2.18. The summed E-state index contributed by atoms with van der Waals surface area (Å²) in [6.07, 6.45) is 10.8. The standard InChI is InChI=1S/C21H29BrN4/c1-14(16-11-12-16)24-20-17-9-6-10-18(22)19(17)25-21(26-20)23-13-15-7-4-2-3-5-8-15/h6,9-10,14-16H,2-5,7-8,11-13H2,1H3,(H2,23,24,25,26). The maximum Gasteiger partial charge on any atom is 0.225 e. The molecule has 1 aromatic heterocycles. The summed E-state index contributed by atoms with van der Waals surface area (Å²) in [6.45, 7) is 3.25. The van der Waals surface area contributed by atoms with Gasteiger partial charge >= 0.3 is 0 Å². The zero-order chi connectivity index (χ0) is 17.9. The summed E-state index contributed by atoms with van der Waals surface area (Å²) >= 11 is 3.66. The zero-order valence-electron chi connectivity index (χ0n) is 15.6. The number of halogens is 1. The van der Waals surface area contributed by atoms with E-state index in [1.807, 2.05) is 0 Å². The van der Waals surface area contributed by atoms with Crippen molar-refractivity contribution in [2.45, 2.75) is 64.3 Å². The number of benzene rings is 1. The number of fused-ring (bicyclic) bond motifs is 1. The van der Waals surface area contributed by atoms with Crippen molar-refractivity contribution in [3.05, 3.63) is 22.7 Å². The van der Waals surface area contributed by atoms with Gasteiger partial charge in [-0.25, -0.2) is 4.98 Å². The fraction of sp³-hybridized carbons (Fsp3) is 0.619. The summed E-state index contributed by atoms with van der Waals surface area (Å²) in [5.41, 5.74) is 0.983. The van der Waals surface area contributed by atoms with Crippen molar-refractivity contribution in [3.8, 4) is 0 Å². The lowest BCUT2D eigenvalue weighted by Crippen LogP contribution is -2.20. The number of nitrogens with one attached hydrogen (secondary N) is 2. The Bertz CT molecular complexity index is 751. The first kappa shape index (κ1) is 18.0. The van der Waals surface area contributed by atoms with Crippen LogP contribution >= 0.6 is 15.9 Å². The smallest absolute Gasteiger partial charge is 0.225 e. The quantitative estimate of drug-likeness (QED) is 0.568. The second-order valence-corrected chi connectivity index (χ2v) is 8.90. The molecule has 2 aliphatic rings. The molecule has 2 saturated carbocycles. The first-order valence-corrected chi connectivity index (χ1v) is 11.0. The molecule has 140 valence electrons. The minimum Gasteiger partial charge on any atom is -0.367 e. The van der Waals surface area contributed by atoms with Crippen LogP contribution in [0.25, 0.3) is 10.9 Å². The Kier molecular flexibility index (Phi) is 5.63. The lowest BCUT2D eigenvalue weighted by atomic mass is 10.0. The minimum atomic E-state index is 0.460. The van der Waals surface area contributed by atoms with Gasteiger partial charge in [0.2, 0.25) is 5.95 Å². The number of hydrogen-bond acceptors (Lipinski definition) is 4. The molecule has 5 heteroatoms. The highest BCUT2D eigenvalue weighted by atomic mass is 79.9.